The molecule has 6 nitrogen and oxygen atoms in total. The van der Waals surface area contributed by atoms with Gasteiger partial charge in [0.05, 0.1) is 16.7 Å². The molecule has 1 heterocycles. The van der Waals surface area contributed by atoms with E-state index in [0.29, 0.717) is 6.42 Å². The van der Waals surface area contributed by atoms with Gasteiger partial charge in [0.2, 0.25) is 10.0 Å². The molecule has 0 aliphatic carbocycles. The molecule has 1 saturated heterocycles. The van der Waals surface area contributed by atoms with Crippen LogP contribution in [-0.4, -0.2) is 48.1 Å². The Morgan fingerprint density at radius 1 is 1.35 bits per heavy atom. The molecule has 0 saturated carbocycles. The Balaban J connectivity index is 2.55. The highest BCUT2D eigenvalue weighted by Gasteiger charge is 2.34. The Kier molecular flexibility index (Phi) is 4.27. The van der Waals surface area contributed by atoms with Crippen LogP contribution in [0.15, 0.2) is 17.0 Å². The number of aromatic carboxylic acids is 1. The first-order valence-electron chi connectivity index (χ1n) is 5.64. The Morgan fingerprint density at radius 2 is 2.00 bits per heavy atom. The van der Waals surface area contributed by atoms with Gasteiger partial charge in [0, 0.05) is 18.1 Å². The van der Waals surface area contributed by atoms with Crippen LogP contribution in [-0.2, 0) is 10.0 Å². The summed E-state index contributed by atoms with van der Waals surface area (Å²) in [7, 11) is -3.99. The highest BCUT2D eigenvalue weighted by atomic mass is 35.5. The van der Waals surface area contributed by atoms with Crippen molar-refractivity contribution in [2.24, 2.45) is 0 Å². The molecule has 2 rings (SSSR count). The van der Waals surface area contributed by atoms with E-state index in [0.717, 1.165) is 16.4 Å². The van der Waals surface area contributed by atoms with E-state index in [9.17, 15) is 18.3 Å². The van der Waals surface area contributed by atoms with Crippen LogP contribution in [0.5, 0.6) is 0 Å². The van der Waals surface area contributed by atoms with Crippen LogP contribution in [0.2, 0.25) is 10.0 Å². The van der Waals surface area contributed by atoms with Crippen molar-refractivity contribution >= 4 is 39.2 Å². The van der Waals surface area contributed by atoms with E-state index in [1.807, 2.05) is 0 Å². The molecule has 1 aromatic carbocycles. The smallest absolute Gasteiger partial charge is 0.337 e. The Labute approximate surface area is 125 Å². The lowest BCUT2D eigenvalue weighted by molar-refractivity contribution is 0.0697. The summed E-state index contributed by atoms with van der Waals surface area (Å²) >= 11 is 11.6. The van der Waals surface area contributed by atoms with Crippen molar-refractivity contribution in [2.75, 3.05) is 13.1 Å². The average molecular weight is 340 g/mol. The third-order valence-corrected chi connectivity index (χ3v) is 5.61. The lowest BCUT2D eigenvalue weighted by atomic mass is 10.2. The number of hydrogen-bond acceptors (Lipinski definition) is 4. The SMILES string of the molecule is O=C(O)c1cc(Cl)cc(S(=O)(=O)N2CCC(O)C2)c1Cl. The molecule has 110 valence electrons. The van der Waals surface area contributed by atoms with E-state index in [1.54, 1.807) is 0 Å². The number of aliphatic hydroxyl groups is 1. The molecular formula is C11H11Cl2NO5S. The molecule has 1 aliphatic rings. The molecule has 1 atom stereocenters. The quantitative estimate of drug-likeness (QED) is 0.868. The number of carboxylic acid groups (broad SMARTS) is 1. The van der Waals surface area contributed by atoms with Gasteiger partial charge in [-0.15, -0.1) is 0 Å². The van der Waals surface area contributed by atoms with Gasteiger partial charge in [-0.1, -0.05) is 23.2 Å². The highest BCUT2D eigenvalue weighted by molar-refractivity contribution is 7.89. The van der Waals surface area contributed by atoms with Crippen LogP contribution < -0.4 is 0 Å². The van der Waals surface area contributed by atoms with Gasteiger partial charge in [-0.05, 0) is 18.6 Å². The molecule has 0 radical (unpaired) electrons. The number of halogens is 2. The molecule has 9 heteroatoms. The van der Waals surface area contributed by atoms with E-state index < -0.39 is 22.1 Å². The van der Waals surface area contributed by atoms with Gasteiger partial charge in [0.15, 0.2) is 0 Å². The lowest BCUT2D eigenvalue weighted by Gasteiger charge is -2.17. The van der Waals surface area contributed by atoms with Crippen LogP contribution in [0.4, 0.5) is 0 Å². The first-order valence-corrected chi connectivity index (χ1v) is 7.83. The zero-order valence-electron chi connectivity index (χ0n) is 10.1. The second kappa shape index (κ2) is 5.50. The molecule has 1 unspecified atom stereocenters. The van der Waals surface area contributed by atoms with Crippen molar-refractivity contribution in [1.82, 2.24) is 4.31 Å². The van der Waals surface area contributed by atoms with Gasteiger partial charge in [-0.25, -0.2) is 13.2 Å². The van der Waals surface area contributed by atoms with Crippen molar-refractivity contribution in [2.45, 2.75) is 17.4 Å². The second-order valence-corrected chi connectivity index (χ2v) is 7.10. The fraction of sp³-hybridized carbons (Fsp3) is 0.364. The molecule has 0 bridgehead atoms. The van der Waals surface area contributed by atoms with Crippen molar-refractivity contribution in [3.8, 4) is 0 Å². The maximum atomic E-state index is 12.4. The van der Waals surface area contributed by atoms with Crippen molar-refractivity contribution in [1.29, 1.82) is 0 Å². The minimum Gasteiger partial charge on any atom is -0.478 e. The third kappa shape index (κ3) is 2.77. The molecule has 1 fully saturated rings. The van der Waals surface area contributed by atoms with E-state index >= 15 is 0 Å². The maximum absolute atomic E-state index is 12.4. The van der Waals surface area contributed by atoms with Gasteiger partial charge in [0.25, 0.3) is 0 Å². The van der Waals surface area contributed by atoms with Crippen LogP contribution in [0.1, 0.15) is 16.8 Å². The summed E-state index contributed by atoms with van der Waals surface area (Å²) in [5, 5.41) is 18.0. The number of sulfonamides is 1. The highest BCUT2D eigenvalue weighted by Crippen LogP contribution is 2.32. The molecule has 1 aromatic rings. The molecular weight excluding hydrogens is 329 g/mol. The van der Waals surface area contributed by atoms with Crippen molar-refractivity contribution < 1.29 is 23.4 Å². The lowest BCUT2D eigenvalue weighted by Crippen LogP contribution is -2.30. The monoisotopic (exact) mass is 339 g/mol. The minimum atomic E-state index is -3.99. The van der Waals surface area contributed by atoms with E-state index in [1.165, 1.54) is 0 Å². The van der Waals surface area contributed by atoms with Crippen LogP contribution in [0, 0.1) is 0 Å². The summed E-state index contributed by atoms with van der Waals surface area (Å²) in [6.07, 6.45) is -0.412. The predicted octanol–water partition coefficient (Wildman–Crippen LogP) is 1.45. The molecule has 2 N–H and O–H groups in total. The van der Waals surface area contributed by atoms with Crippen LogP contribution in [0.3, 0.4) is 0 Å². The maximum Gasteiger partial charge on any atom is 0.337 e. The molecule has 0 amide bonds. The van der Waals surface area contributed by atoms with Crippen LogP contribution >= 0.6 is 23.2 Å². The number of nitrogens with zero attached hydrogens (tertiary/aromatic N) is 1. The van der Waals surface area contributed by atoms with E-state index in [2.05, 4.69) is 0 Å². The van der Waals surface area contributed by atoms with Gasteiger partial charge < -0.3 is 10.2 Å². The Morgan fingerprint density at radius 3 is 2.50 bits per heavy atom. The van der Waals surface area contributed by atoms with Gasteiger partial charge in [-0.2, -0.15) is 4.31 Å². The summed E-state index contributed by atoms with van der Waals surface area (Å²) in [6.45, 7) is 0.0995. The largest absolute Gasteiger partial charge is 0.478 e. The van der Waals surface area contributed by atoms with Crippen molar-refractivity contribution in [3.05, 3.63) is 27.7 Å². The fourth-order valence-corrected chi connectivity index (χ4v) is 4.35. The second-order valence-electron chi connectivity index (χ2n) is 4.38. The zero-order valence-corrected chi connectivity index (χ0v) is 12.4. The Bertz CT molecular complexity index is 661. The standard InChI is InChI=1S/C11H11Cl2NO5S/c12-6-3-8(11(16)17)10(13)9(4-6)20(18,19)14-2-1-7(15)5-14/h3-4,7,15H,1-2,5H2,(H,16,17). The van der Waals surface area contributed by atoms with Crippen LogP contribution in [0.25, 0.3) is 0 Å². The van der Waals surface area contributed by atoms with Crippen molar-refractivity contribution in [3.63, 3.8) is 0 Å². The molecule has 0 aromatic heterocycles. The number of aliphatic hydroxyl groups excluding tert-OH is 1. The Hall–Kier alpha value is -0.860. The summed E-state index contributed by atoms with van der Waals surface area (Å²) in [5.41, 5.74) is -0.377. The third-order valence-electron chi connectivity index (χ3n) is 2.98. The predicted molar refractivity (Wildman–Crippen MR) is 72.8 cm³/mol. The van der Waals surface area contributed by atoms with E-state index in [-0.39, 0.29) is 33.6 Å². The number of carboxylic acids is 1. The molecule has 1 aliphatic heterocycles. The van der Waals surface area contributed by atoms with Gasteiger partial charge in [0.1, 0.15) is 4.90 Å². The first kappa shape index (κ1) is 15.5. The number of carbonyl (C=O) groups is 1. The number of benzene rings is 1. The minimum absolute atomic E-state index is 0.0369. The number of hydrogen-bond donors (Lipinski definition) is 2. The zero-order chi connectivity index (χ0) is 15.1. The summed E-state index contributed by atoms with van der Waals surface area (Å²) in [4.78, 5) is 10.7. The number of β-amino-alcohol motifs (C(OH)–C–C–N with tert-alkyl or cyclic N) is 1. The molecule has 20 heavy (non-hydrogen) atoms. The summed E-state index contributed by atoms with van der Waals surface area (Å²) < 4.78 is 25.9. The van der Waals surface area contributed by atoms with Gasteiger partial charge in [-0.3, -0.25) is 0 Å². The van der Waals surface area contributed by atoms with Gasteiger partial charge >= 0.3 is 5.97 Å². The average Bonchev–Trinajstić information content (AvgIpc) is 2.78. The van der Waals surface area contributed by atoms with E-state index in [4.69, 9.17) is 28.3 Å². The first-order chi connectivity index (χ1) is 9.23. The normalized spacial score (nSPS) is 20.2. The summed E-state index contributed by atoms with van der Waals surface area (Å²) in [6, 6.07) is 2.19. The fourth-order valence-electron chi connectivity index (χ4n) is 1.98. The topological polar surface area (TPSA) is 94.9 Å². The number of rotatable bonds is 3. The molecule has 0 spiro atoms. The summed E-state index contributed by atoms with van der Waals surface area (Å²) in [5.74, 6) is -1.37.